The lowest BCUT2D eigenvalue weighted by Gasteiger charge is -2.16. The SMILES string of the molecule is COc1ccc(CCc2cc(O)cc(Oc3cc(CCc4cccc(OC)c4)c(OC)cc3OC)c2)cc1. The van der Waals surface area contributed by atoms with Gasteiger partial charge in [0.15, 0.2) is 11.5 Å². The molecule has 38 heavy (non-hydrogen) atoms. The maximum atomic E-state index is 10.4. The van der Waals surface area contributed by atoms with Gasteiger partial charge in [-0.2, -0.15) is 0 Å². The molecule has 4 aromatic rings. The highest BCUT2D eigenvalue weighted by atomic mass is 16.5. The molecule has 0 aromatic heterocycles. The molecule has 0 aliphatic heterocycles. The highest BCUT2D eigenvalue weighted by molar-refractivity contribution is 5.53. The number of aromatic hydroxyl groups is 1. The molecular formula is C32H34O6. The third-order valence-electron chi connectivity index (χ3n) is 6.42. The van der Waals surface area contributed by atoms with E-state index in [0.29, 0.717) is 17.2 Å². The summed E-state index contributed by atoms with van der Waals surface area (Å²) in [7, 11) is 6.57. The van der Waals surface area contributed by atoms with Gasteiger partial charge in [-0.3, -0.25) is 0 Å². The van der Waals surface area contributed by atoms with E-state index in [2.05, 4.69) is 6.07 Å². The van der Waals surface area contributed by atoms with Crippen LogP contribution < -0.4 is 23.7 Å². The van der Waals surface area contributed by atoms with Crippen molar-refractivity contribution in [3.05, 3.63) is 101 Å². The minimum Gasteiger partial charge on any atom is -0.508 e. The van der Waals surface area contributed by atoms with E-state index in [9.17, 15) is 5.11 Å². The summed E-state index contributed by atoms with van der Waals surface area (Å²) in [6, 6.07) is 25.1. The van der Waals surface area contributed by atoms with Gasteiger partial charge in [-0.05, 0) is 90.4 Å². The van der Waals surface area contributed by atoms with Gasteiger partial charge in [0, 0.05) is 12.1 Å². The molecule has 0 saturated carbocycles. The van der Waals surface area contributed by atoms with Crippen molar-refractivity contribution in [3.8, 4) is 40.2 Å². The second-order valence-electron chi connectivity index (χ2n) is 8.95. The molecule has 0 aliphatic rings. The Balaban J connectivity index is 1.52. The zero-order chi connectivity index (χ0) is 26.9. The van der Waals surface area contributed by atoms with Crippen molar-refractivity contribution in [2.24, 2.45) is 0 Å². The fourth-order valence-electron chi connectivity index (χ4n) is 4.37. The summed E-state index contributed by atoms with van der Waals surface area (Å²) in [5.41, 5.74) is 4.32. The van der Waals surface area contributed by atoms with Gasteiger partial charge in [0.25, 0.3) is 0 Å². The van der Waals surface area contributed by atoms with Crippen molar-refractivity contribution in [2.45, 2.75) is 25.7 Å². The van der Waals surface area contributed by atoms with Crippen molar-refractivity contribution in [1.82, 2.24) is 0 Å². The number of hydrogen-bond acceptors (Lipinski definition) is 6. The van der Waals surface area contributed by atoms with Gasteiger partial charge in [0.2, 0.25) is 0 Å². The molecule has 0 spiro atoms. The number of phenols is 1. The topological polar surface area (TPSA) is 66.4 Å². The number of ether oxygens (including phenoxy) is 5. The largest absolute Gasteiger partial charge is 0.508 e. The summed E-state index contributed by atoms with van der Waals surface area (Å²) in [6.07, 6.45) is 3.13. The summed E-state index contributed by atoms with van der Waals surface area (Å²) < 4.78 is 28.1. The Morgan fingerprint density at radius 2 is 1.18 bits per heavy atom. The first-order chi connectivity index (χ1) is 18.5. The predicted octanol–water partition coefficient (Wildman–Crippen LogP) is 6.79. The average Bonchev–Trinajstić information content (AvgIpc) is 2.95. The summed E-state index contributed by atoms with van der Waals surface area (Å²) in [6.45, 7) is 0. The Hall–Kier alpha value is -4.32. The van der Waals surface area contributed by atoms with E-state index >= 15 is 0 Å². The Morgan fingerprint density at radius 1 is 0.500 bits per heavy atom. The molecular weight excluding hydrogens is 480 g/mol. The summed E-state index contributed by atoms with van der Waals surface area (Å²) in [4.78, 5) is 0. The van der Waals surface area contributed by atoms with Crippen molar-refractivity contribution in [3.63, 3.8) is 0 Å². The number of rotatable bonds is 12. The van der Waals surface area contributed by atoms with Crippen LogP contribution in [-0.2, 0) is 25.7 Å². The standard InChI is InChI=1S/C32H34O6/c1-34-27-14-11-22(12-15-27)8-9-24-16-26(33)20-29(18-24)38-32-19-25(30(36-3)21-31(32)37-4)13-10-23-6-5-7-28(17-23)35-2/h5-7,11-12,14-21,33H,8-10,13H2,1-4H3. The van der Waals surface area contributed by atoms with Crippen LogP contribution in [0.5, 0.6) is 40.2 Å². The van der Waals surface area contributed by atoms with Gasteiger partial charge >= 0.3 is 0 Å². The molecule has 4 aromatic carbocycles. The minimum atomic E-state index is 0.151. The van der Waals surface area contributed by atoms with E-state index in [0.717, 1.165) is 54.1 Å². The Labute approximate surface area is 224 Å². The zero-order valence-electron chi connectivity index (χ0n) is 22.3. The van der Waals surface area contributed by atoms with E-state index in [4.69, 9.17) is 23.7 Å². The molecule has 4 rings (SSSR count). The predicted molar refractivity (Wildman–Crippen MR) is 149 cm³/mol. The van der Waals surface area contributed by atoms with E-state index in [1.165, 1.54) is 11.1 Å². The molecule has 6 nitrogen and oxygen atoms in total. The number of aryl methyl sites for hydroxylation is 4. The van der Waals surface area contributed by atoms with Gasteiger partial charge in [-0.15, -0.1) is 0 Å². The van der Waals surface area contributed by atoms with Gasteiger partial charge in [0.1, 0.15) is 28.7 Å². The van der Waals surface area contributed by atoms with Gasteiger partial charge in [0.05, 0.1) is 28.4 Å². The molecule has 198 valence electrons. The first-order valence-corrected chi connectivity index (χ1v) is 12.5. The second kappa shape index (κ2) is 12.8. The van der Waals surface area contributed by atoms with E-state index in [-0.39, 0.29) is 5.75 Å². The monoisotopic (exact) mass is 514 g/mol. The van der Waals surface area contributed by atoms with Crippen molar-refractivity contribution >= 4 is 0 Å². The van der Waals surface area contributed by atoms with Crippen LogP contribution in [-0.4, -0.2) is 33.5 Å². The van der Waals surface area contributed by atoms with Crippen LogP contribution in [0.15, 0.2) is 78.9 Å². The first-order valence-electron chi connectivity index (χ1n) is 12.5. The molecule has 0 heterocycles. The normalized spacial score (nSPS) is 10.6. The third kappa shape index (κ3) is 6.91. The third-order valence-corrected chi connectivity index (χ3v) is 6.42. The Morgan fingerprint density at radius 3 is 1.89 bits per heavy atom. The molecule has 0 fully saturated rings. The average molecular weight is 515 g/mol. The molecule has 0 radical (unpaired) electrons. The number of benzene rings is 4. The highest BCUT2D eigenvalue weighted by Gasteiger charge is 2.15. The quantitative estimate of drug-likeness (QED) is 0.225. The molecule has 0 atom stereocenters. The van der Waals surface area contributed by atoms with Crippen molar-refractivity contribution in [2.75, 3.05) is 28.4 Å². The maximum absolute atomic E-state index is 10.4. The molecule has 6 heteroatoms. The Bertz CT molecular complexity index is 1350. The van der Waals surface area contributed by atoms with Gasteiger partial charge in [-0.1, -0.05) is 24.3 Å². The van der Waals surface area contributed by atoms with Gasteiger partial charge in [-0.25, -0.2) is 0 Å². The summed E-state index contributed by atoms with van der Waals surface area (Å²) >= 11 is 0. The van der Waals surface area contributed by atoms with Crippen molar-refractivity contribution < 1.29 is 28.8 Å². The first kappa shape index (κ1) is 26.7. The lowest BCUT2D eigenvalue weighted by Crippen LogP contribution is -1.99. The zero-order valence-corrected chi connectivity index (χ0v) is 22.3. The van der Waals surface area contributed by atoms with E-state index < -0.39 is 0 Å². The maximum Gasteiger partial charge on any atom is 0.169 e. The lowest BCUT2D eigenvalue weighted by atomic mass is 10.0. The van der Waals surface area contributed by atoms with Crippen LogP contribution in [0, 0.1) is 0 Å². The van der Waals surface area contributed by atoms with Gasteiger partial charge < -0.3 is 28.8 Å². The van der Waals surface area contributed by atoms with Crippen LogP contribution in [0.1, 0.15) is 22.3 Å². The number of hydrogen-bond donors (Lipinski definition) is 1. The highest BCUT2D eigenvalue weighted by Crippen LogP contribution is 2.39. The van der Waals surface area contributed by atoms with E-state index in [1.807, 2.05) is 60.7 Å². The minimum absolute atomic E-state index is 0.151. The fourth-order valence-corrected chi connectivity index (χ4v) is 4.37. The van der Waals surface area contributed by atoms with Crippen LogP contribution >= 0.6 is 0 Å². The summed E-state index contributed by atoms with van der Waals surface area (Å²) in [5.74, 6) is 4.19. The number of methoxy groups -OCH3 is 4. The molecule has 0 amide bonds. The van der Waals surface area contributed by atoms with Crippen molar-refractivity contribution in [1.29, 1.82) is 0 Å². The fraction of sp³-hybridized carbons (Fsp3) is 0.250. The van der Waals surface area contributed by atoms with Crippen LogP contribution in [0.2, 0.25) is 0 Å². The van der Waals surface area contributed by atoms with E-state index in [1.54, 1.807) is 40.6 Å². The number of phenolic OH excluding ortho intramolecular Hbond substituents is 1. The molecule has 1 N–H and O–H groups in total. The smallest absolute Gasteiger partial charge is 0.169 e. The lowest BCUT2D eigenvalue weighted by molar-refractivity contribution is 0.365. The van der Waals surface area contributed by atoms with Crippen LogP contribution in [0.4, 0.5) is 0 Å². The van der Waals surface area contributed by atoms with Crippen LogP contribution in [0.25, 0.3) is 0 Å². The second-order valence-corrected chi connectivity index (χ2v) is 8.95. The summed E-state index contributed by atoms with van der Waals surface area (Å²) in [5, 5.41) is 10.4. The molecule has 0 aliphatic carbocycles. The molecule has 0 saturated heterocycles. The van der Waals surface area contributed by atoms with Crippen LogP contribution in [0.3, 0.4) is 0 Å². The molecule has 0 unspecified atom stereocenters. The Kier molecular flexibility index (Phi) is 8.98. The molecule has 0 bridgehead atoms.